The van der Waals surface area contributed by atoms with E-state index in [1.807, 2.05) is 32.0 Å². The first-order valence-corrected chi connectivity index (χ1v) is 7.58. The van der Waals surface area contributed by atoms with Crippen molar-refractivity contribution in [3.8, 4) is 0 Å². The molecule has 0 aromatic heterocycles. The molecule has 4 heteroatoms. The third-order valence-corrected chi connectivity index (χ3v) is 4.63. The van der Waals surface area contributed by atoms with Gasteiger partial charge in [0.05, 0.1) is 22.1 Å². The lowest BCUT2D eigenvalue weighted by Gasteiger charge is -2.09. The Morgan fingerprint density at radius 1 is 1.05 bits per heavy atom. The van der Waals surface area contributed by atoms with E-state index in [9.17, 15) is 9.00 Å². The molecule has 2 aromatic carbocycles. The summed E-state index contributed by atoms with van der Waals surface area (Å²) in [7, 11) is -1.17. The maximum Gasteiger partial charge on any atom is 0.335 e. The standard InChI is InChI=1S/C16H16O3S/c1-11-4-3-5-12(2)15(11)10-20(19)14-8-6-13(7-9-14)16(17)18/h3-9H,10H2,1-2H3,(H,17,18). The summed E-state index contributed by atoms with van der Waals surface area (Å²) in [5, 5.41) is 8.85. The van der Waals surface area contributed by atoms with Crippen molar-refractivity contribution in [2.75, 3.05) is 0 Å². The van der Waals surface area contributed by atoms with Crippen molar-refractivity contribution in [1.82, 2.24) is 0 Å². The molecule has 20 heavy (non-hydrogen) atoms. The van der Waals surface area contributed by atoms with Crippen LogP contribution in [0.3, 0.4) is 0 Å². The zero-order chi connectivity index (χ0) is 14.7. The summed E-state index contributed by atoms with van der Waals surface area (Å²) in [5.41, 5.74) is 3.55. The maximum absolute atomic E-state index is 12.4. The molecule has 0 amide bonds. The molecule has 0 fully saturated rings. The average Bonchev–Trinajstić information content (AvgIpc) is 2.43. The minimum atomic E-state index is -1.17. The van der Waals surface area contributed by atoms with Crippen molar-refractivity contribution < 1.29 is 14.1 Å². The SMILES string of the molecule is Cc1cccc(C)c1CS(=O)c1ccc(C(=O)O)cc1. The fraction of sp³-hybridized carbons (Fsp3) is 0.188. The van der Waals surface area contributed by atoms with Gasteiger partial charge in [0.2, 0.25) is 0 Å². The number of aromatic carboxylic acids is 1. The van der Waals surface area contributed by atoms with Crippen LogP contribution in [0.4, 0.5) is 0 Å². The summed E-state index contributed by atoms with van der Waals surface area (Å²) in [6, 6.07) is 12.2. The fourth-order valence-electron chi connectivity index (χ4n) is 2.04. The van der Waals surface area contributed by atoms with Crippen LogP contribution >= 0.6 is 0 Å². The molecule has 0 aliphatic rings. The number of aryl methyl sites for hydroxylation is 2. The summed E-state index contributed by atoms with van der Waals surface area (Å²) >= 11 is 0. The van der Waals surface area contributed by atoms with Crippen LogP contribution in [0.5, 0.6) is 0 Å². The molecule has 0 heterocycles. The third-order valence-electron chi connectivity index (χ3n) is 3.28. The number of hydrogen-bond acceptors (Lipinski definition) is 2. The molecule has 3 nitrogen and oxygen atoms in total. The molecule has 104 valence electrons. The molecule has 1 atom stereocenters. The van der Waals surface area contributed by atoms with Gasteiger partial charge in [-0.2, -0.15) is 0 Å². The van der Waals surface area contributed by atoms with Gasteiger partial charge in [-0.25, -0.2) is 4.79 Å². The molecule has 0 saturated carbocycles. The first kappa shape index (κ1) is 14.5. The highest BCUT2D eigenvalue weighted by atomic mass is 32.2. The van der Waals surface area contributed by atoms with Crippen LogP contribution in [0.25, 0.3) is 0 Å². The molecular formula is C16H16O3S. The Bertz CT molecular complexity index is 640. The van der Waals surface area contributed by atoms with E-state index in [-0.39, 0.29) is 5.56 Å². The molecule has 2 rings (SSSR count). The molecule has 0 spiro atoms. The van der Waals surface area contributed by atoms with Crippen LogP contribution in [0.1, 0.15) is 27.0 Å². The molecule has 0 aliphatic heterocycles. The smallest absolute Gasteiger partial charge is 0.335 e. The third kappa shape index (κ3) is 3.14. The lowest BCUT2D eigenvalue weighted by atomic mass is 10.1. The molecular weight excluding hydrogens is 272 g/mol. The van der Waals surface area contributed by atoms with Gasteiger partial charge in [0.25, 0.3) is 0 Å². The monoisotopic (exact) mass is 288 g/mol. The Morgan fingerprint density at radius 3 is 2.10 bits per heavy atom. The van der Waals surface area contributed by atoms with Crippen LogP contribution < -0.4 is 0 Å². The van der Waals surface area contributed by atoms with E-state index in [2.05, 4.69) is 0 Å². The quantitative estimate of drug-likeness (QED) is 0.939. The van der Waals surface area contributed by atoms with E-state index in [0.717, 1.165) is 16.7 Å². The van der Waals surface area contributed by atoms with Gasteiger partial charge in [-0.15, -0.1) is 0 Å². The number of rotatable bonds is 4. The number of benzene rings is 2. The first-order valence-electron chi connectivity index (χ1n) is 6.26. The summed E-state index contributed by atoms with van der Waals surface area (Å²) in [4.78, 5) is 11.4. The normalized spacial score (nSPS) is 12.1. The number of carboxylic acid groups (broad SMARTS) is 1. The highest BCUT2D eigenvalue weighted by molar-refractivity contribution is 7.84. The summed E-state index contributed by atoms with van der Waals surface area (Å²) < 4.78 is 12.4. The molecule has 0 bridgehead atoms. The average molecular weight is 288 g/mol. The van der Waals surface area contributed by atoms with Gasteiger partial charge in [0.15, 0.2) is 0 Å². The molecule has 1 unspecified atom stereocenters. The zero-order valence-corrected chi connectivity index (χ0v) is 12.2. The van der Waals surface area contributed by atoms with Crippen molar-refractivity contribution in [3.63, 3.8) is 0 Å². The predicted molar refractivity (Wildman–Crippen MR) is 79.4 cm³/mol. The van der Waals surface area contributed by atoms with Crippen LogP contribution in [0, 0.1) is 13.8 Å². The van der Waals surface area contributed by atoms with Crippen molar-refractivity contribution >= 4 is 16.8 Å². The number of carboxylic acids is 1. The van der Waals surface area contributed by atoms with E-state index < -0.39 is 16.8 Å². The largest absolute Gasteiger partial charge is 0.478 e. The lowest BCUT2D eigenvalue weighted by molar-refractivity contribution is 0.0697. The van der Waals surface area contributed by atoms with Gasteiger partial charge in [-0.1, -0.05) is 18.2 Å². The van der Waals surface area contributed by atoms with Crippen LogP contribution in [0.15, 0.2) is 47.4 Å². The van der Waals surface area contributed by atoms with Gasteiger partial charge in [0.1, 0.15) is 0 Å². The summed E-state index contributed by atoms with van der Waals surface area (Å²) in [5.74, 6) is -0.526. The Morgan fingerprint density at radius 2 is 1.60 bits per heavy atom. The van der Waals surface area contributed by atoms with Gasteiger partial charge < -0.3 is 5.11 Å². The minimum Gasteiger partial charge on any atom is -0.478 e. The maximum atomic E-state index is 12.4. The second-order valence-corrected chi connectivity index (χ2v) is 6.14. The number of carbonyl (C=O) groups is 1. The van der Waals surface area contributed by atoms with Crippen molar-refractivity contribution in [1.29, 1.82) is 0 Å². The lowest BCUT2D eigenvalue weighted by Crippen LogP contribution is -2.02. The highest BCUT2D eigenvalue weighted by Crippen LogP contribution is 2.19. The van der Waals surface area contributed by atoms with Crippen LogP contribution in [-0.2, 0) is 16.6 Å². The second kappa shape index (κ2) is 6.01. The van der Waals surface area contributed by atoms with Crippen LogP contribution in [-0.4, -0.2) is 15.3 Å². The summed E-state index contributed by atoms with van der Waals surface area (Å²) in [6.07, 6.45) is 0. The zero-order valence-electron chi connectivity index (χ0n) is 11.4. The van der Waals surface area contributed by atoms with Gasteiger partial charge in [0, 0.05) is 4.90 Å². The molecule has 0 saturated heterocycles. The molecule has 2 aromatic rings. The van der Waals surface area contributed by atoms with Gasteiger partial charge in [-0.3, -0.25) is 4.21 Å². The van der Waals surface area contributed by atoms with Crippen molar-refractivity contribution in [2.24, 2.45) is 0 Å². The summed E-state index contributed by atoms with van der Waals surface area (Å²) in [6.45, 7) is 4.01. The van der Waals surface area contributed by atoms with Crippen molar-refractivity contribution in [2.45, 2.75) is 24.5 Å². The molecule has 1 N–H and O–H groups in total. The van der Waals surface area contributed by atoms with Gasteiger partial charge in [-0.05, 0) is 54.8 Å². The van der Waals surface area contributed by atoms with Gasteiger partial charge >= 0.3 is 5.97 Å². The Hall–Kier alpha value is -1.94. The van der Waals surface area contributed by atoms with E-state index in [1.165, 1.54) is 12.1 Å². The minimum absolute atomic E-state index is 0.206. The molecule has 0 radical (unpaired) electrons. The predicted octanol–water partition coefficient (Wildman–Crippen LogP) is 3.31. The topological polar surface area (TPSA) is 54.4 Å². The van der Waals surface area contributed by atoms with E-state index >= 15 is 0 Å². The number of hydrogen-bond donors (Lipinski definition) is 1. The van der Waals surface area contributed by atoms with Crippen LogP contribution in [0.2, 0.25) is 0 Å². The van der Waals surface area contributed by atoms with E-state index in [0.29, 0.717) is 10.6 Å². The first-order chi connectivity index (χ1) is 9.49. The van der Waals surface area contributed by atoms with Crippen molar-refractivity contribution in [3.05, 3.63) is 64.7 Å². The fourth-order valence-corrected chi connectivity index (χ4v) is 3.36. The van der Waals surface area contributed by atoms with E-state index in [1.54, 1.807) is 12.1 Å². The second-order valence-electron chi connectivity index (χ2n) is 4.69. The van der Waals surface area contributed by atoms with E-state index in [4.69, 9.17) is 5.11 Å². The molecule has 0 aliphatic carbocycles. The Labute approximate surface area is 120 Å². The highest BCUT2D eigenvalue weighted by Gasteiger charge is 2.10. The Balaban J connectivity index is 2.22. The Kier molecular flexibility index (Phi) is 4.35.